The van der Waals surface area contributed by atoms with E-state index in [-0.39, 0.29) is 0 Å². The molecule has 0 spiro atoms. The van der Waals surface area contributed by atoms with Crippen LogP contribution in [0.1, 0.15) is 52.0 Å². The highest BCUT2D eigenvalue weighted by molar-refractivity contribution is 7.18. The molecule has 53 heavy (non-hydrogen) atoms. The van der Waals surface area contributed by atoms with E-state index in [1.54, 1.807) is 11.3 Å². The molecule has 0 aliphatic carbocycles. The fourth-order valence-corrected chi connectivity index (χ4v) is 7.07. The fraction of sp³-hybridized carbons (Fsp3) is 0.227. The monoisotopic (exact) mass is 716 g/mol. The standard InChI is InChI=1S/C44H44N8S/c1-5-7-8-13-31-18-20-32(21-19-31)43-50-51-44(53-43)52(4)34-24-22-33(23-25-34)46-47-40-28-29-42(38-17-12-11-16-37(38)40)49-48-41-27-26-39(45-30(3)6-2)35-14-9-10-15-36(35)41/h9-12,14-30,45H,5-8,13H2,1-4H3/b47-46+,49-48+. The number of benzene rings is 6. The van der Waals surface area contributed by atoms with Gasteiger partial charge in [-0.05, 0) is 80.3 Å². The van der Waals surface area contributed by atoms with Crippen LogP contribution in [-0.4, -0.2) is 23.3 Å². The maximum atomic E-state index is 4.73. The third kappa shape index (κ3) is 8.31. The second-order valence-corrected chi connectivity index (χ2v) is 14.3. The molecule has 0 bridgehead atoms. The average molecular weight is 717 g/mol. The van der Waals surface area contributed by atoms with Crippen molar-refractivity contribution < 1.29 is 0 Å². The lowest BCUT2D eigenvalue weighted by atomic mass is 10.1. The van der Waals surface area contributed by atoms with Gasteiger partial charge in [-0.15, -0.1) is 25.5 Å². The van der Waals surface area contributed by atoms with Crippen LogP contribution in [0.5, 0.6) is 0 Å². The summed E-state index contributed by atoms with van der Waals surface area (Å²) in [4.78, 5) is 2.04. The van der Waals surface area contributed by atoms with Crippen molar-refractivity contribution in [2.24, 2.45) is 20.5 Å². The van der Waals surface area contributed by atoms with Crippen molar-refractivity contribution in [3.63, 3.8) is 0 Å². The molecule has 1 aromatic heterocycles. The van der Waals surface area contributed by atoms with Crippen LogP contribution < -0.4 is 10.2 Å². The highest BCUT2D eigenvalue weighted by atomic mass is 32.1. The van der Waals surface area contributed by atoms with Gasteiger partial charge in [0.15, 0.2) is 0 Å². The Hall–Kier alpha value is -5.80. The number of rotatable bonds is 14. The second kappa shape index (κ2) is 16.7. The van der Waals surface area contributed by atoms with Gasteiger partial charge in [0.25, 0.3) is 0 Å². The molecular formula is C44H44N8S. The van der Waals surface area contributed by atoms with Crippen molar-refractivity contribution in [2.75, 3.05) is 17.3 Å². The van der Waals surface area contributed by atoms with E-state index >= 15 is 0 Å². The predicted octanol–water partition coefficient (Wildman–Crippen LogP) is 14.1. The minimum Gasteiger partial charge on any atom is -0.382 e. The summed E-state index contributed by atoms with van der Waals surface area (Å²) in [6, 6.07) is 41.6. The molecule has 0 aliphatic rings. The maximum absolute atomic E-state index is 4.73. The lowest BCUT2D eigenvalue weighted by molar-refractivity contribution is 0.717. The zero-order valence-corrected chi connectivity index (χ0v) is 31.5. The molecule has 0 amide bonds. The first-order chi connectivity index (χ1) is 26.0. The molecule has 0 saturated heterocycles. The van der Waals surface area contributed by atoms with Crippen molar-refractivity contribution in [3.8, 4) is 10.6 Å². The molecule has 0 fully saturated rings. The molecule has 1 unspecified atom stereocenters. The highest BCUT2D eigenvalue weighted by Crippen LogP contribution is 2.38. The van der Waals surface area contributed by atoms with Crippen LogP contribution in [0.4, 0.5) is 39.3 Å². The van der Waals surface area contributed by atoms with Gasteiger partial charge in [0, 0.05) is 51.6 Å². The van der Waals surface area contributed by atoms with Crippen LogP contribution in [0.3, 0.4) is 0 Å². The third-order valence-corrected chi connectivity index (χ3v) is 10.6. The number of anilines is 3. The average Bonchev–Trinajstić information content (AvgIpc) is 3.71. The number of hydrogen-bond acceptors (Lipinski definition) is 9. The Morgan fingerprint density at radius 2 is 1.23 bits per heavy atom. The molecule has 9 heteroatoms. The number of nitrogens with zero attached hydrogens (tertiary/aromatic N) is 7. The fourth-order valence-electron chi connectivity index (χ4n) is 6.24. The van der Waals surface area contributed by atoms with Gasteiger partial charge in [0.1, 0.15) is 5.01 Å². The van der Waals surface area contributed by atoms with E-state index in [0.717, 1.165) is 84.2 Å². The molecule has 7 rings (SSSR count). The zero-order chi connectivity index (χ0) is 36.6. The second-order valence-electron chi connectivity index (χ2n) is 13.3. The number of aryl methyl sites for hydroxylation is 1. The molecule has 1 heterocycles. The summed E-state index contributed by atoms with van der Waals surface area (Å²) in [6.07, 6.45) is 5.90. The van der Waals surface area contributed by atoms with E-state index in [1.165, 1.54) is 24.8 Å². The number of unbranched alkanes of at least 4 members (excludes halogenated alkanes) is 2. The summed E-state index contributed by atoms with van der Waals surface area (Å²) >= 11 is 1.58. The molecule has 266 valence electrons. The normalized spacial score (nSPS) is 12.3. The topological polar surface area (TPSA) is 90.5 Å². The van der Waals surface area contributed by atoms with E-state index in [0.29, 0.717) is 6.04 Å². The van der Waals surface area contributed by atoms with Gasteiger partial charge in [-0.2, -0.15) is 5.11 Å². The van der Waals surface area contributed by atoms with Crippen LogP contribution >= 0.6 is 11.3 Å². The van der Waals surface area contributed by atoms with Gasteiger partial charge in [-0.25, -0.2) is 0 Å². The number of hydrogen-bond donors (Lipinski definition) is 1. The van der Waals surface area contributed by atoms with E-state index in [9.17, 15) is 0 Å². The molecule has 0 radical (unpaired) electrons. The Balaban J connectivity index is 1.05. The molecule has 1 N–H and O–H groups in total. The maximum Gasteiger partial charge on any atom is 0.212 e. The first-order valence-electron chi connectivity index (χ1n) is 18.4. The van der Waals surface area contributed by atoms with Crippen molar-refractivity contribution in [2.45, 2.75) is 58.9 Å². The summed E-state index contributed by atoms with van der Waals surface area (Å²) in [6.45, 7) is 6.61. The summed E-state index contributed by atoms with van der Waals surface area (Å²) < 4.78 is 0. The summed E-state index contributed by atoms with van der Waals surface area (Å²) in [5.74, 6) is 0. The van der Waals surface area contributed by atoms with Crippen molar-refractivity contribution in [1.29, 1.82) is 0 Å². The number of fused-ring (bicyclic) bond motifs is 2. The van der Waals surface area contributed by atoms with Crippen molar-refractivity contribution in [1.82, 2.24) is 10.2 Å². The van der Waals surface area contributed by atoms with Gasteiger partial charge < -0.3 is 10.2 Å². The Bertz CT molecular complexity index is 2360. The minimum atomic E-state index is 0.379. The SMILES string of the molecule is CCCCCc1ccc(-c2nnc(N(C)c3ccc(/N=N/c4ccc(/N=N/c5ccc(NC(C)CC)c6ccccc56)c5ccccc45)cc3)s2)cc1. The van der Waals surface area contributed by atoms with Gasteiger partial charge in [-0.3, -0.25) is 0 Å². The summed E-state index contributed by atoms with van der Waals surface area (Å²) in [7, 11) is 2.01. The van der Waals surface area contributed by atoms with E-state index in [4.69, 9.17) is 10.2 Å². The van der Waals surface area contributed by atoms with Crippen LogP contribution in [0.15, 0.2) is 142 Å². The van der Waals surface area contributed by atoms with Gasteiger partial charge in [0.05, 0.1) is 22.7 Å². The van der Waals surface area contributed by atoms with Crippen molar-refractivity contribution in [3.05, 3.63) is 127 Å². The first-order valence-corrected chi connectivity index (χ1v) is 19.2. The molecule has 0 saturated carbocycles. The largest absolute Gasteiger partial charge is 0.382 e. The Morgan fingerprint density at radius 1 is 0.642 bits per heavy atom. The highest BCUT2D eigenvalue weighted by Gasteiger charge is 2.13. The predicted molar refractivity (Wildman–Crippen MR) is 223 cm³/mol. The quantitative estimate of drug-likeness (QED) is 0.0896. The summed E-state index contributed by atoms with van der Waals surface area (Å²) in [5, 5.41) is 37.1. The molecule has 7 aromatic rings. The first kappa shape index (κ1) is 35.6. The lowest BCUT2D eigenvalue weighted by Gasteiger charge is -2.16. The van der Waals surface area contributed by atoms with Gasteiger partial charge >= 0.3 is 0 Å². The number of azo groups is 2. The minimum absolute atomic E-state index is 0.379. The van der Waals surface area contributed by atoms with E-state index in [2.05, 4.69) is 95.0 Å². The van der Waals surface area contributed by atoms with Crippen LogP contribution in [0, 0.1) is 0 Å². The third-order valence-electron chi connectivity index (χ3n) is 9.54. The van der Waals surface area contributed by atoms with E-state index < -0.39 is 0 Å². The van der Waals surface area contributed by atoms with E-state index in [1.807, 2.05) is 84.7 Å². The number of nitrogens with one attached hydrogen (secondary N) is 1. The van der Waals surface area contributed by atoms with Crippen LogP contribution in [-0.2, 0) is 6.42 Å². The van der Waals surface area contributed by atoms with Gasteiger partial charge in [-0.1, -0.05) is 111 Å². The zero-order valence-electron chi connectivity index (χ0n) is 30.7. The molecule has 8 nitrogen and oxygen atoms in total. The molecule has 6 aromatic carbocycles. The summed E-state index contributed by atoms with van der Waals surface area (Å²) in [5.41, 5.74) is 7.68. The Kier molecular flexibility index (Phi) is 11.2. The smallest absolute Gasteiger partial charge is 0.212 e. The Labute approximate surface area is 315 Å². The Morgan fingerprint density at radius 3 is 1.85 bits per heavy atom. The van der Waals surface area contributed by atoms with Crippen LogP contribution in [0.25, 0.3) is 32.1 Å². The molecular weight excluding hydrogens is 673 g/mol. The van der Waals surface area contributed by atoms with Crippen molar-refractivity contribution >= 4 is 72.1 Å². The van der Waals surface area contributed by atoms with Crippen LogP contribution in [0.2, 0.25) is 0 Å². The number of aromatic nitrogens is 2. The lowest BCUT2D eigenvalue weighted by Crippen LogP contribution is -2.13. The van der Waals surface area contributed by atoms with Gasteiger partial charge in [0.2, 0.25) is 5.13 Å². The molecule has 1 atom stereocenters. The molecule has 0 aliphatic heterocycles.